The van der Waals surface area contributed by atoms with E-state index in [1.807, 2.05) is 0 Å². The Morgan fingerprint density at radius 1 is 1.06 bits per heavy atom. The van der Waals surface area contributed by atoms with Gasteiger partial charge in [0.1, 0.15) is 11.4 Å². The summed E-state index contributed by atoms with van der Waals surface area (Å²) in [6, 6.07) is 9.51. The summed E-state index contributed by atoms with van der Waals surface area (Å²) in [5.41, 5.74) is -0.0514. The van der Waals surface area contributed by atoms with Crippen LogP contribution in [0.3, 0.4) is 0 Å². The largest absolute Gasteiger partial charge is 0.483 e. The van der Waals surface area contributed by atoms with Crippen molar-refractivity contribution in [3.8, 4) is 5.75 Å². The molecule has 2 aliphatic heterocycles. The van der Waals surface area contributed by atoms with E-state index in [0.717, 1.165) is 17.7 Å². The number of hydrogen-bond acceptors (Lipinski definition) is 2. The van der Waals surface area contributed by atoms with E-state index in [4.69, 9.17) is 4.74 Å². The third-order valence-corrected chi connectivity index (χ3v) is 6.12. The van der Waals surface area contributed by atoms with Gasteiger partial charge in [0, 0.05) is 27.6 Å². The van der Waals surface area contributed by atoms with Gasteiger partial charge >= 0.3 is 12.1 Å². The van der Waals surface area contributed by atoms with Crippen molar-refractivity contribution in [1.82, 2.24) is 4.90 Å². The maximum Gasteiger partial charge on any atom is 0.458 e. The predicted molar refractivity (Wildman–Crippen MR) is 108 cm³/mol. The van der Waals surface area contributed by atoms with Crippen LogP contribution in [0.4, 0.5) is 22.0 Å². The number of alkyl halides is 6. The Kier molecular flexibility index (Phi) is 4.96. The molecule has 2 aliphatic rings. The topological polar surface area (TPSA) is 29.5 Å². The predicted octanol–water partition coefficient (Wildman–Crippen LogP) is 6.27. The smallest absolute Gasteiger partial charge is 0.458 e. The van der Waals surface area contributed by atoms with Crippen molar-refractivity contribution in [2.45, 2.75) is 38.1 Å². The molecule has 0 aliphatic carbocycles. The van der Waals surface area contributed by atoms with E-state index in [-0.39, 0.29) is 34.8 Å². The molecule has 9 heteroatoms. The van der Waals surface area contributed by atoms with Gasteiger partial charge in [-0.15, -0.1) is 0 Å². The second-order valence-corrected chi connectivity index (χ2v) is 8.47. The molecule has 164 valence electrons. The van der Waals surface area contributed by atoms with Gasteiger partial charge in [0.2, 0.25) is 0 Å². The van der Waals surface area contributed by atoms with Crippen molar-refractivity contribution in [3.05, 3.63) is 70.3 Å². The molecular weight excluding hydrogens is 485 g/mol. The van der Waals surface area contributed by atoms with Gasteiger partial charge in [0.25, 0.3) is 5.91 Å². The Morgan fingerprint density at radius 3 is 2.35 bits per heavy atom. The first kappa shape index (κ1) is 21.8. The normalized spacial score (nSPS) is 18.1. The fourth-order valence-corrected chi connectivity index (χ4v) is 4.86. The molecule has 0 N–H and O–H groups in total. The molecule has 31 heavy (non-hydrogen) atoms. The highest BCUT2D eigenvalue weighted by molar-refractivity contribution is 9.09. The van der Waals surface area contributed by atoms with Crippen LogP contribution in [0, 0.1) is 0 Å². The summed E-state index contributed by atoms with van der Waals surface area (Å²) in [4.78, 5) is 14.5. The lowest BCUT2D eigenvalue weighted by molar-refractivity contribution is -0.289. The molecule has 0 aromatic heterocycles. The molecule has 0 unspecified atom stereocenters. The average Bonchev–Trinajstić information content (AvgIpc) is 3.01. The summed E-state index contributed by atoms with van der Waals surface area (Å²) in [5, 5.41) is 0.231. The number of carbonyl (C=O) groups excluding carboxylic acids is 1. The van der Waals surface area contributed by atoms with E-state index in [1.165, 1.54) is 4.90 Å². The zero-order valence-corrected chi connectivity index (χ0v) is 18.1. The third-order valence-electron chi connectivity index (χ3n) is 5.56. The molecule has 1 amide bonds. The van der Waals surface area contributed by atoms with E-state index in [0.29, 0.717) is 17.2 Å². The highest BCUT2D eigenvalue weighted by atomic mass is 79.9. The molecule has 2 aromatic carbocycles. The molecule has 0 saturated heterocycles. The molecule has 0 radical (unpaired) electrons. The highest BCUT2D eigenvalue weighted by Crippen LogP contribution is 2.49. The molecular formula is C22H17BrF5NO2. The Labute approximate surface area is 183 Å². The van der Waals surface area contributed by atoms with Crippen LogP contribution in [-0.4, -0.2) is 27.9 Å². The molecule has 0 spiro atoms. The Balaban J connectivity index is 1.93. The number of fused-ring (bicyclic) bond motifs is 2. The average molecular weight is 502 g/mol. The van der Waals surface area contributed by atoms with Crippen LogP contribution >= 0.6 is 15.9 Å². The van der Waals surface area contributed by atoms with Gasteiger partial charge in [0.15, 0.2) is 0 Å². The van der Waals surface area contributed by atoms with E-state index < -0.39 is 23.3 Å². The first-order valence-corrected chi connectivity index (χ1v) is 10.5. The monoisotopic (exact) mass is 501 g/mol. The fraction of sp³-hybridized carbons (Fsp3) is 0.318. The second-order valence-electron chi connectivity index (χ2n) is 7.90. The van der Waals surface area contributed by atoms with E-state index in [2.05, 4.69) is 15.9 Å². The van der Waals surface area contributed by atoms with Crippen LogP contribution in [0.15, 0.2) is 48.0 Å². The molecule has 4 rings (SSSR count). The summed E-state index contributed by atoms with van der Waals surface area (Å²) in [6.45, 7) is 3.67. The summed E-state index contributed by atoms with van der Waals surface area (Å²) in [6.07, 6.45) is -5.75. The van der Waals surface area contributed by atoms with Crippen LogP contribution in [0.5, 0.6) is 5.75 Å². The highest BCUT2D eigenvalue weighted by Gasteiger charge is 2.59. The van der Waals surface area contributed by atoms with Crippen molar-refractivity contribution in [2.75, 3.05) is 5.33 Å². The lowest BCUT2D eigenvalue weighted by Crippen LogP contribution is -2.40. The van der Waals surface area contributed by atoms with E-state index in [9.17, 15) is 26.7 Å². The minimum absolute atomic E-state index is 0.0244. The van der Waals surface area contributed by atoms with Gasteiger partial charge < -0.3 is 9.64 Å². The Hall–Kier alpha value is -2.42. The van der Waals surface area contributed by atoms with Crippen molar-refractivity contribution in [3.63, 3.8) is 0 Å². The summed E-state index contributed by atoms with van der Waals surface area (Å²) in [5.74, 6) is -5.26. The second kappa shape index (κ2) is 7.05. The maximum atomic E-state index is 14.1. The summed E-state index contributed by atoms with van der Waals surface area (Å²) >= 11 is 3.37. The number of nitrogens with zero attached hydrogens (tertiary/aromatic N) is 1. The third kappa shape index (κ3) is 3.33. The van der Waals surface area contributed by atoms with Crippen LogP contribution in [0.1, 0.15) is 40.9 Å². The molecule has 0 saturated carbocycles. The fourth-order valence-electron chi connectivity index (χ4n) is 3.91. The number of benzene rings is 2. The summed E-state index contributed by atoms with van der Waals surface area (Å²) in [7, 11) is 0. The van der Waals surface area contributed by atoms with Crippen LogP contribution in [0.2, 0.25) is 0 Å². The minimum Gasteiger partial charge on any atom is -0.483 e. The SMILES string of the molecule is CC1(C)Oc2ccc(C(F)(F)C(F)(F)F)cc2C(N2Cc3ccccc3C2=O)=C1CBr. The molecule has 0 fully saturated rings. The number of rotatable bonds is 3. The lowest BCUT2D eigenvalue weighted by atomic mass is 9.88. The van der Waals surface area contributed by atoms with Gasteiger partial charge in [0.05, 0.1) is 12.2 Å². The summed E-state index contributed by atoms with van der Waals surface area (Å²) < 4.78 is 73.1. The maximum absolute atomic E-state index is 14.1. The lowest BCUT2D eigenvalue weighted by Gasteiger charge is -2.39. The van der Waals surface area contributed by atoms with Crippen molar-refractivity contribution >= 4 is 27.5 Å². The number of halogens is 6. The van der Waals surface area contributed by atoms with Crippen molar-refractivity contribution < 1.29 is 31.5 Å². The zero-order valence-electron chi connectivity index (χ0n) is 16.5. The van der Waals surface area contributed by atoms with Gasteiger partial charge in [-0.25, -0.2) is 0 Å². The molecule has 0 atom stereocenters. The minimum atomic E-state index is -5.75. The van der Waals surface area contributed by atoms with Crippen molar-refractivity contribution in [1.29, 1.82) is 0 Å². The van der Waals surface area contributed by atoms with Gasteiger partial charge in [-0.2, -0.15) is 22.0 Å². The molecule has 3 nitrogen and oxygen atoms in total. The number of hydrogen-bond donors (Lipinski definition) is 0. The quantitative estimate of drug-likeness (QED) is 0.366. The molecule has 2 aromatic rings. The van der Waals surface area contributed by atoms with Crippen LogP contribution in [-0.2, 0) is 12.5 Å². The first-order chi connectivity index (χ1) is 14.4. The number of ether oxygens (including phenoxy) is 1. The van der Waals surface area contributed by atoms with Crippen LogP contribution in [0.25, 0.3) is 5.70 Å². The number of amides is 1. The first-order valence-electron chi connectivity index (χ1n) is 9.36. The number of carbonyl (C=O) groups is 1. The van der Waals surface area contributed by atoms with E-state index >= 15 is 0 Å². The standard InChI is InChI=1S/C22H17BrF5NO2/c1-20(2)16(10-23)18(29-11-12-5-3-4-6-14(12)19(29)30)15-9-13(7-8-17(15)31-20)21(24,25)22(26,27)28/h3-9H,10-11H2,1-2H3. The van der Waals surface area contributed by atoms with E-state index in [1.54, 1.807) is 38.1 Å². The van der Waals surface area contributed by atoms with Gasteiger partial charge in [-0.1, -0.05) is 34.1 Å². The van der Waals surface area contributed by atoms with Gasteiger partial charge in [-0.05, 0) is 43.7 Å². The Morgan fingerprint density at radius 2 is 1.74 bits per heavy atom. The van der Waals surface area contributed by atoms with Crippen molar-refractivity contribution in [2.24, 2.45) is 0 Å². The molecule has 2 heterocycles. The van der Waals surface area contributed by atoms with Gasteiger partial charge in [-0.3, -0.25) is 4.79 Å². The molecule has 0 bridgehead atoms. The zero-order chi connectivity index (χ0) is 22.8. The van der Waals surface area contributed by atoms with Crippen LogP contribution < -0.4 is 4.74 Å². The Bertz CT molecular complexity index is 1110.